The summed E-state index contributed by atoms with van der Waals surface area (Å²) in [6, 6.07) is 10.4. The summed E-state index contributed by atoms with van der Waals surface area (Å²) < 4.78 is 0. The van der Waals surface area contributed by atoms with Crippen LogP contribution in [-0.4, -0.2) is 41.3 Å². The summed E-state index contributed by atoms with van der Waals surface area (Å²) in [5, 5.41) is 10.8. The number of aromatic amines is 1. The van der Waals surface area contributed by atoms with Crippen LogP contribution < -0.4 is 5.32 Å². The molecule has 1 fully saturated rings. The molecule has 0 saturated carbocycles. The highest BCUT2D eigenvalue weighted by Gasteiger charge is 2.11. The molecule has 0 amide bonds. The fourth-order valence-corrected chi connectivity index (χ4v) is 2.77. The Morgan fingerprint density at radius 3 is 2.75 bits per heavy atom. The quantitative estimate of drug-likeness (QED) is 0.791. The van der Waals surface area contributed by atoms with Crippen molar-refractivity contribution in [2.75, 3.05) is 26.2 Å². The maximum absolute atomic E-state index is 4.18. The Morgan fingerprint density at radius 1 is 1.15 bits per heavy atom. The summed E-state index contributed by atoms with van der Waals surface area (Å²) in [6.07, 6.45) is 4.64. The van der Waals surface area contributed by atoms with Gasteiger partial charge in [0.05, 0.1) is 11.9 Å². The van der Waals surface area contributed by atoms with Crippen molar-refractivity contribution in [1.29, 1.82) is 0 Å². The lowest BCUT2D eigenvalue weighted by Gasteiger charge is -2.14. The normalized spacial score (nSPS) is 15.8. The second-order valence-electron chi connectivity index (χ2n) is 5.36. The van der Waals surface area contributed by atoms with Crippen molar-refractivity contribution in [2.24, 2.45) is 0 Å². The molecule has 4 nitrogen and oxygen atoms in total. The van der Waals surface area contributed by atoms with E-state index in [1.165, 1.54) is 37.1 Å². The second kappa shape index (κ2) is 6.68. The van der Waals surface area contributed by atoms with Crippen LogP contribution in [0.4, 0.5) is 0 Å². The van der Waals surface area contributed by atoms with Gasteiger partial charge >= 0.3 is 0 Å². The molecular formula is C16H22N4. The van der Waals surface area contributed by atoms with Gasteiger partial charge in [0.15, 0.2) is 0 Å². The highest BCUT2D eigenvalue weighted by Crippen LogP contribution is 2.20. The molecule has 0 bridgehead atoms. The molecular weight excluding hydrogens is 248 g/mol. The number of nitrogens with zero attached hydrogens (tertiary/aromatic N) is 2. The third-order valence-corrected chi connectivity index (χ3v) is 3.90. The van der Waals surface area contributed by atoms with Gasteiger partial charge in [0.1, 0.15) is 0 Å². The lowest BCUT2D eigenvalue weighted by molar-refractivity contribution is 0.335. The summed E-state index contributed by atoms with van der Waals surface area (Å²) >= 11 is 0. The molecule has 1 aromatic heterocycles. The Hall–Kier alpha value is -1.65. The number of hydrogen-bond acceptors (Lipinski definition) is 3. The van der Waals surface area contributed by atoms with Crippen molar-refractivity contribution < 1.29 is 0 Å². The SMILES string of the molecule is c1ccc(-c2[nH]ncc2CNCCN2CCCC2)cc1. The summed E-state index contributed by atoms with van der Waals surface area (Å²) in [7, 11) is 0. The average Bonchev–Trinajstić information content (AvgIpc) is 3.16. The number of H-pyrrole nitrogens is 1. The van der Waals surface area contributed by atoms with Crippen LogP contribution in [0.1, 0.15) is 18.4 Å². The van der Waals surface area contributed by atoms with Gasteiger partial charge in [-0.1, -0.05) is 30.3 Å². The van der Waals surface area contributed by atoms with Crippen LogP contribution in [0, 0.1) is 0 Å². The van der Waals surface area contributed by atoms with Gasteiger partial charge < -0.3 is 10.2 Å². The van der Waals surface area contributed by atoms with Crippen LogP contribution in [0.5, 0.6) is 0 Å². The molecule has 4 heteroatoms. The first-order chi connectivity index (χ1) is 9.93. The molecule has 2 heterocycles. The fraction of sp³-hybridized carbons (Fsp3) is 0.438. The van der Waals surface area contributed by atoms with Gasteiger partial charge in [-0.05, 0) is 31.5 Å². The minimum atomic E-state index is 0.870. The zero-order valence-corrected chi connectivity index (χ0v) is 11.8. The third kappa shape index (κ3) is 3.26. The minimum absolute atomic E-state index is 0.870. The maximum atomic E-state index is 4.18. The second-order valence-corrected chi connectivity index (χ2v) is 5.36. The molecule has 106 valence electrons. The molecule has 2 aromatic rings. The van der Waals surface area contributed by atoms with Crippen LogP contribution in [0.2, 0.25) is 0 Å². The van der Waals surface area contributed by atoms with E-state index >= 15 is 0 Å². The van der Waals surface area contributed by atoms with Gasteiger partial charge in [0.25, 0.3) is 0 Å². The molecule has 0 radical (unpaired) electrons. The smallest absolute Gasteiger partial charge is 0.0695 e. The number of benzene rings is 1. The minimum Gasteiger partial charge on any atom is -0.311 e. The summed E-state index contributed by atoms with van der Waals surface area (Å²) in [6.45, 7) is 5.60. The highest BCUT2D eigenvalue weighted by atomic mass is 15.2. The van der Waals surface area contributed by atoms with E-state index in [1.54, 1.807) is 0 Å². The van der Waals surface area contributed by atoms with Crippen molar-refractivity contribution in [1.82, 2.24) is 20.4 Å². The number of aromatic nitrogens is 2. The maximum Gasteiger partial charge on any atom is 0.0695 e. The first kappa shape index (κ1) is 13.3. The van der Waals surface area contributed by atoms with Crippen molar-refractivity contribution in [2.45, 2.75) is 19.4 Å². The van der Waals surface area contributed by atoms with Gasteiger partial charge in [-0.2, -0.15) is 5.10 Å². The lowest BCUT2D eigenvalue weighted by atomic mass is 10.1. The fourth-order valence-electron chi connectivity index (χ4n) is 2.77. The van der Waals surface area contributed by atoms with Gasteiger partial charge in [0.2, 0.25) is 0 Å². The zero-order valence-electron chi connectivity index (χ0n) is 11.8. The summed E-state index contributed by atoms with van der Waals surface area (Å²) in [5.74, 6) is 0. The zero-order chi connectivity index (χ0) is 13.6. The Labute approximate surface area is 120 Å². The predicted octanol–water partition coefficient (Wildman–Crippen LogP) is 2.26. The van der Waals surface area contributed by atoms with E-state index in [4.69, 9.17) is 0 Å². The van der Waals surface area contributed by atoms with Crippen LogP contribution in [0.25, 0.3) is 11.3 Å². The van der Waals surface area contributed by atoms with E-state index in [-0.39, 0.29) is 0 Å². The van der Waals surface area contributed by atoms with E-state index in [1.807, 2.05) is 12.3 Å². The largest absolute Gasteiger partial charge is 0.311 e. The molecule has 1 saturated heterocycles. The third-order valence-electron chi connectivity index (χ3n) is 3.90. The molecule has 1 aromatic carbocycles. The average molecular weight is 270 g/mol. The van der Waals surface area contributed by atoms with E-state index in [2.05, 4.69) is 44.7 Å². The predicted molar refractivity (Wildman–Crippen MR) is 81.4 cm³/mol. The monoisotopic (exact) mass is 270 g/mol. The lowest BCUT2D eigenvalue weighted by Crippen LogP contribution is -2.29. The van der Waals surface area contributed by atoms with Gasteiger partial charge in [0, 0.05) is 25.2 Å². The van der Waals surface area contributed by atoms with Gasteiger partial charge in [-0.3, -0.25) is 5.10 Å². The number of likely N-dealkylation sites (tertiary alicyclic amines) is 1. The van der Waals surface area contributed by atoms with Gasteiger partial charge in [-0.15, -0.1) is 0 Å². The Morgan fingerprint density at radius 2 is 1.95 bits per heavy atom. The number of rotatable bonds is 6. The van der Waals surface area contributed by atoms with Crippen LogP contribution in [-0.2, 0) is 6.54 Å². The molecule has 0 atom stereocenters. The van der Waals surface area contributed by atoms with Crippen molar-refractivity contribution in [3.8, 4) is 11.3 Å². The van der Waals surface area contributed by atoms with Crippen molar-refractivity contribution >= 4 is 0 Å². The molecule has 0 aliphatic carbocycles. The van der Waals surface area contributed by atoms with E-state index in [0.29, 0.717) is 0 Å². The Kier molecular flexibility index (Phi) is 4.46. The topological polar surface area (TPSA) is 44.0 Å². The molecule has 1 aliphatic rings. The highest BCUT2D eigenvalue weighted by molar-refractivity contribution is 5.62. The Bertz CT molecular complexity index is 514. The van der Waals surface area contributed by atoms with E-state index < -0.39 is 0 Å². The van der Waals surface area contributed by atoms with Crippen LogP contribution >= 0.6 is 0 Å². The molecule has 3 rings (SSSR count). The first-order valence-electron chi connectivity index (χ1n) is 7.44. The van der Waals surface area contributed by atoms with Crippen LogP contribution in [0.15, 0.2) is 36.5 Å². The molecule has 20 heavy (non-hydrogen) atoms. The van der Waals surface area contributed by atoms with Gasteiger partial charge in [-0.25, -0.2) is 0 Å². The van der Waals surface area contributed by atoms with Crippen molar-refractivity contribution in [3.63, 3.8) is 0 Å². The molecule has 0 unspecified atom stereocenters. The molecule has 0 spiro atoms. The standard InChI is InChI=1S/C16H22N4/c1-2-6-14(7-3-1)16-15(13-18-19-16)12-17-8-11-20-9-4-5-10-20/h1-3,6-7,13,17H,4-5,8-12H2,(H,18,19). The van der Waals surface area contributed by atoms with E-state index in [0.717, 1.165) is 25.3 Å². The number of hydrogen-bond donors (Lipinski definition) is 2. The summed E-state index contributed by atoms with van der Waals surface area (Å²) in [5.41, 5.74) is 3.55. The van der Waals surface area contributed by atoms with E-state index in [9.17, 15) is 0 Å². The summed E-state index contributed by atoms with van der Waals surface area (Å²) in [4.78, 5) is 2.53. The molecule has 1 aliphatic heterocycles. The van der Waals surface area contributed by atoms with Crippen LogP contribution in [0.3, 0.4) is 0 Å². The Balaban J connectivity index is 1.52. The molecule has 2 N–H and O–H groups in total. The number of nitrogens with one attached hydrogen (secondary N) is 2. The van der Waals surface area contributed by atoms with Crippen molar-refractivity contribution in [3.05, 3.63) is 42.1 Å². The first-order valence-corrected chi connectivity index (χ1v) is 7.44.